The van der Waals surface area contributed by atoms with Gasteiger partial charge >= 0.3 is 0 Å². The Balaban J connectivity index is 1.75. The Hall–Kier alpha value is -2.18. The van der Waals surface area contributed by atoms with E-state index >= 15 is 0 Å². The summed E-state index contributed by atoms with van der Waals surface area (Å²) in [6.07, 6.45) is 2.07. The van der Waals surface area contributed by atoms with E-state index < -0.39 is 6.04 Å². The first-order valence-corrected chi connectivity index (χ1v) is 10.7. The third-order valence-corrected chi connectivity index (χ3v) is 5.80. The zero-order valence-electron chi connectivity index (χ0n) is 16.5. The van der Waals surface area contributed by atoms with Gasteiger partial charge in [0.05, 0.1) is 12.6 Å². The van der Waals surface area contributed by atoms with E-state index in [1.54, 1.807) is 23.5 Å². The zero-order valence-corrected chi connectivity index (χ0v) is 17.3. The summed E-state index contributed by atoms with van der Waals surface area (Å²) in [5, 5.41) is 4.96. The zero-order chi connectivity index (χ0) is 19.9. The van der Waals surface area contributed by atoms with Crippen LogP contribution in [0.2, 0.25) is 0 Å². The van der Waals surface area contributed by atoms with Gasteiger partial charge in [-0.1, -0.05) is 38.1 Å². The van der Waals surface area contributed by atoms with Crippen molar-refractivity contribution in [1.82, 2.24) is 10.2 Å². The average Bonchev–Trinajstić information content (AvgIpc) is 3.39. The molecule has 1 unspecified atom stereocenters. The quantitative estimate of drug-likeness (QED) is 0.735. The summed E-state index contributed by atoms with van der Waals surface area (Å²) in [5.74, 6) is -0.292. The van der Waals surface area contributed by atoms with E-state index in [1.165, 1.54) is 0 Å². The van der Waals surface area contributed by atoms with Crippen LogP contribution in [0.4, 0.5) is 0 Å². The number of ether oxygens (including phenoxy) is 1. The number of benzene rings is 1. The molecule has 2 aromatic rings. The van der Waals surface area contributed by atoms with Crippen LogP contribution < -0.4 is 5.32 Å². The lowest BCUT2D eigenvalue weighted by Crippen LogP contribution is -2.52. The second kappa shape index (κ2) is 9.85. The molecule has 2 amide bonds. The predicted molar refractivity (Wildman–Crippen MR) is 111 cm³/mol. The highest BCUT2D eigenvalue weighted by atomic mass is 32.1. The van der Waals surface area contributed by atoms with Crippen molar-refractivity contribution in [1.29, 1.82) is 0 Å². The molecule has 0 aliphatic carbocycles. The van der Waals surface area contributed by atoms with Crippen molar-refractivity contribution in [3.05, 3.63) is 58.3 Å². The fourth-order valence-corrected chi connectivity index (χ4v) is 4.10. The van der Waals surface area contributed by atoms with Crippen LogP contribution in [0, 0.1) is 5.92 Å². The lowest BCUT2D eigenvalue weighted by atomic mass is 10.0. The average molecular weight is 401 g/mol. The predicted octanol–water partition coefficient (Wildman–Crippen LogP) is 3.71. The number of nitrogens with zero attached hydrogens (tertiary/aromatic N) is 1. The molecule has 0 bridgehead atoms. The smallest absolute Gasteiger partial charge is 0.251 e. The SMILES string of the molecule is CC(C)[C@H](NC(=O)c1ccccc1)C(=O)N(Cc1cccs1)CC1CCCO1. The molecule has 150 valence electrons. The van der Waals surface area contributed by atoms with Gasteiger partial charge in [-0.2, -0.15) is 0 Å². The monoisotopic (exact) mass is 400 g/mol. The van der Waals surface area contributed by atoms with Gasteiger partial charge in [0.2, 0.25) is 5.91 Å². The summed E-state index contributed by atoms with van der Waals surface area (Å²) < 4.78 is 5.77. The molecule has 2 atom stereocenters. The van der Waals surface area contributed by atoms with Crippen molar-refractivity contribution in [2.24, 2.45) is 5.92 Å². The molecule has 0 spiro atoms. The number of thiophene rings is 1. The molecule has 1 aromatic heterocycles. The Morgan fingerprint density at radius 1 is 1.21 bits per heavy atom. The normalized spacial score (nSPS) is 17.5. The number of amides is 2. The van der Waals surface area contributed by atoms with E-state index in [9.17, 15) is 9.59 Å². The fraction of sp³-hybridized carbons (Fsp3) is 0.455. The minimum absolute atomic E-state index is 0.0181. The van der Waals surface area contributed by atoms with Crippen LogP contribution in [-0.2, 0) is 16.1 Å². The first kappa shape index (κ1) is 20.6. The summed E-state index contributed by atoms with van der Waals surface area (Å²) >= 11 is 1.64. The molecule has 2 heterocycles. The van der Waals surface area contributed by atoms with Crippen molar-refractivity contribution >= 4 is 23.2 Å². The number of hydrogen-bond donors (Lipinski definition) is 1. The number of carbonyl (C=O) groups is 2. The second-order valence-electron chi connectivity index (χ2n) is 7.49. The summed E-state index contributed by atoms with van der Waals surface area (Å²) in [7, 11) is 0. The minimum Gasteiger partial charge on any atom is -0.376 e. The molecular weight excluding hydrogens is 372 g/mol. The molecule has 1 aromatic carbocycles. The highest BCUT2D eigenvalue weighted by Gasteiger charge is 2.31. The molecular formula is C22H28N2O3S. The summed E-state index contributed by atoms with van der Waals surface area (Å²) in [4.78, 5) is 29.0. The molecule has 1 aliphatic heterocycles. The van der Waals surface area contributed by atoms with Gasteiger partial charge in [0, 0.05) is 23.6 Å². The number of nitrogens with one attached hydrogen (secondary N) is 1. The van der Waals surface area contributed by atoms with Gasteiger partial charge in [0.15, 0.2) is 0 Å². The minimum atomic E-state index is -0.575. The van der Waals surface area contributed by atoms with Crippen molar-refractivity contribution in [3.8, 4) is 0 Å². The third-order valence-electron chi connectivity index (χ3n) is 4.94. The van der Waals surface area contributed by atoms with Crippen LogP contribution >= 0.6 is 11.3 Å². The van der Waals surface area contributed by atoms with E-state index in [4.69, 9.17) is 4.74 Å². The van der Waals surface area contributed by atoms with Crippen LogP contribution in [0.25, 0.3) is 0 Å². The number of carbonyl (C=O) groups excluding carboxylic acids is 2. The van der Waals surface area contributed by atoms with E-state index in [1.807, 2.05) is 54.5 Å². The van der Waals surface area contributed by atoms with Gasteiger partial charge in [0.25, 0.3) is 5.91 Å². The summed E-state index contributed by atoms with van der Waals surface area (Å²) in [6.45, 7) is 5.78. The number of rotatable bonds is 8. The Bertz CT molecular complexity index is 755. The van der Waals surface area contributed by atoms with E-state index in [2.05, 4.69) is 5.32 Å². The van der Waals surface area contributed by atoms with Gasteiger partial charge in [-0.05, 0) is 42.3 Å². The molecule has 1 aliphatic rings. The lowest BCUT2D eigenvalue weighted by molar-refractivity contribution is -0.136. The fourth-order valence-electron chi connectivity index (χ4n) is 3.38. The van der Waals surface area contributed by atoms with Crippen molar-refractivity contribution in [2.75, 3.05) is 13.2 Å². The third kappa shape index (κ3) is 5.42. The highest BCUT2D eigenvalue weighted by Crippen LogP contribution is 2.19. The summed E-state index contributed by atoms with van der Waals surface area (Å²) in [6, 6.07) is 12.5. The standard InChI is InChI=1S/C22H28N2O3S/c1-16(2)20(23-21(25)17-8-4-3-5-9-17)22(26)24(14-18-10-6-12-27-18)15-19-11-7-13-28-19/h3-5,7-9,11,13,16,18,20H,6,10,12,14-15H2,1-2H3,(H,23,25)/t18?,20-/m0/s1. The maximum absolute atomic E-state index is 13.4. The molecule has 1 saturated heterocycles. The van der Waals surface area contributed by atoms with Gasteiger partial charge < -0.3 is 15.0 Å². The van der Waals surface area contributed by atoms with Gasteiger partial charge in [-0.15, -0.1) is 11.3 Å². The molecule has 0 saturated carbocycles. The molecule has 3 rings (SSSR count). The molecule has 1 fully saturated rings. The topological polar surface area (TPSA) is 58.6 Å². The maximum atomic E-state index is 13.4. The Morgan fingerprint density at radius 2 is 2.00 bits per heavy atom. The summed E-state index contributed by atoms with van der Waals surface area (Å²) in [5.41, 5.74) is 0.560. The van der Waals surface area contributed by atoms with E-state index in [0.717, 1.165) is 24.3 Å². The van der Waals surface area contributed by atoms with Gasteiger partial charge in [-0.3, -0.25) is 9.59 Å². The Kier molecular flexibility index (Phi) is 7.23. The molecule has 1 N–H and O–H groups in total. The van der Waals surface area contributed by atoms with Crippen LogP contribution in [0.5, 0.6) is 0 Å². The largest absolute Gasteiger partial charge is 0.376 e. The van der Waals surface area contributed by atoms with Crippen LogP contribution in [0.3, 0.4) is 0 Å². The van der Waals surface area contributed by atoms with Crippen molar-refractivity contribution in [3.63, 3.8) is 0 Å². The van der Waals surface area contributed by atoms with E-state index in [0.29, 0.717) is 18.7 Å². The van der Waals surface area contributed by atoms with Crippen molar-refractivity contribution < 1.29 is 14.3 Å². The molecule has 5 nitrogen and oxygen atoms in total. The van der Waals surface area contributed by atoms with Gasteiger partial charge in [-0.25, -0.2) is 0 Å². The highest BCUT2D eigenvalue weighted by molar-refractivity contribution is 7.09. The second-order valence-corrected chi connectivity index (χ2v) is 8.53. The van der Waals surface area contributed by atoms with E-state index in [-0.39, 0.29) is 23.8 Å². The van der Waals surface area contributed by atoms with Crippen LogP contribution in [-0.4, -0.2) is 42.0 Å². The number of hydrogen-bond acceptors (Lipinski definition) is 4. The van der Waals surface area contributed by atoms with Crippen LogP contribution in [0.1, 0.15) is 41.9 Å². The maximum Gasteiger partial charge on any atom is 0.251 e. The Morgan fingerprint density at radius 3 is 2.61 bits per heavy atom. The van der Waals surface area contributed by atoms with Crippen molar-refractivity contribution in [2.45, 2.75) is 45.4 Å². The first-order valence-electron chi connectivity index (χ1n) is 9.83. The van der Waals surface area contributed by atoms with Gasteiger partial charge in [0.1, 0.15) is 6.04 Å². The van der Waals surface area contributed by atoms with Crippen LogP contribution in [0.15, 0.2) is 47.8 Å². The molecule has 28 heavy (non-hydrogen) atoms. The first-order chi connectivity index (χ1) is 13.5. The lowest BCUT2D eigenvalue weighted by Gasteiger charge is -2.31. The molecule has 0 radical (unpaired) electrons. The Labute approximate surface area is 170 Å². The molecule has 6 heteroatoms.